The molecule has 90 valence electrons. The molecule has 1 aliphatic carbocycles. The van der Waals surface area contributed by atoms with Gasteiger partial charge in [0.25, 0.3) is 5.78 Å². The molecule has 4 nitrogen and oxygen atoms in total. The largest absolute Gasteiger partial charge is 0.491 e. The number of para-hydroxylation sites is 1. The van der Waals surface area contributed by atoms with Crippen molar-refractivity contribution in [3.05, 3.63) is 28.8 Å². The van der Waals surface area contributed by atoms with E-state index in [0.717, 1.165) is 12.8 Å². The molecule has 1 aromatic carbocycles. The summed E-state index contributed by atoms with van der Waals surface area (Å²) in [5, 5.41) is 8.95. The zero-order valence-electron chi connectivity index (χ0n) is 8.98. The number of hydrogen-bond acceptors (Lipinski definition) is 3. The summed E-state index contributed by atoms with van der Waals surface area (Å²) in [6, 6.07) is 4.51. The van der Waals surface area contributed by atoms with Crippen molar-refractivity contribution < 1.29 is 19.4 Å². The smallest absolute Gasteiger partial charge is 0.377 e. The monoisotopic (exact) mass is 254 g/mol. The Morgan fingerprint density at radius 1 is 1.41 bits per heavy atom. The first-order valence-corrected chi connectivity index (χ1v) is 5.66. The van der Waals surface area contributed by atoms with Crippen molar-refractivity contribution in [2.75, 3.05) is 6.61 Å². The summed E-state index contributed by atoms with van der Waals surface area (Å²) < 4.78 is 5.45. The lowest BCUT2D eigenvalue weighted by molar-refractivity contribution is -0.131. The molecule has 0 radical (unpaired) electrons. The maximum Gasteiger partial charge on any atom is 0.377 e. The topological polar surface area (TPSA) is 63.6 Å². The minimum absolute atomic E-state index is 0.00523. The molecule has 0 heterocycles. The van der Waals surface area contributed by atoms with Crippen LogP contribution in [0.15, 0.2) is 18.2 Å². The second-order valence-electron chi connectivity index (χ2n) is 4.01. The highest BCUT2D eigenvalue weighted by molar-refractivity contribution is 6.42. The highest BCUT2D eigenvalue weighted by atomic mass is 35.5. The zero-order chi connectivity index (χ0) is 12.4. The van der Waals surface area contributed by atoms with Gasteiger partial charge in [0.2, 0.25) is 0 Å². The van der Waals surface area contributed by atoms with Gasteiger partial charge in [0.05, 0.1) is 17.2 Å². The van der Waals surface area contributed by atoms with E-state index in [1.807, 2.05) is 0 Å². The van der Waals surface area contributed by atoms with E-state index >= 15 is 0 Å². The molecule has 0 atom stereocenters. The predicted octanol–water partition coefficient (Wildman–Crippen LogP) is 2.40. The highest BCUT2D eigenvalue weighted by Crippen LogP contribution is 2.33. The first-order chi connectivity index (χ1) is 8.09. The standard InChI is InChI=1S/C12H11ClO4/c13-9-3-1-2-8(10(14)12(15)16)11(9)17-6-7-4-5-7/h1-3,7H,4-6H2,(H,15,16). The molecule has 0 aromatic heterocycles. The number of carboxylic acids is 1. The van der Waals surface area contributed by atoms with Crippen molar-refractivity contribution in [3.63, 3.8) is 0 Å². The Balaban J connectivity index is 2.25. The lowest BCUT2D eigenvalue weighted by Crippen LogP contribution is -2.15. The molecule has 17 heavy (non-hydrogen) atoms. The van der Waals surface area contributed by atoms with Gasteiger partial charge in [0.1, 0.15) is 5.75 Å². The number of Topliss-reactive ketones (excluding diaryl/α,β-unsaturated/α-hetero) is 1. The second kappa shape index (κ2) is 4.75. The molecule has 1 aliphatic rings. The fraction of sp³-hybridized carbons (Fsp3) is 0.333. The van der Waals surface area contributed by atoms with Crippen molar-refractivity contribution >= 4 is 23.4 Å². The number of benzene rings is 1. The fourth-order valence-electron chi connectivity index (χ4n) is 1.44. The Morgan fingerprint density at radius 2 is 2.12 bits per heavy atom. The third-order valence-electron chi connectivity index (χ3n) is 2.57. The van der Waals surface area contributed by atoms with Crippen molar-refractivity contribution in [2.24, 2.45) is 5.92 Å². The van der Waals surface area contributed by atoms with E-state index in [1.165, 1.54) is 12.1 Å². The summed E-state index contributed by atoms with van der Waals surface area (Å²) in [5.41, 5.74) is 0.00523. The number of halogens is 1. The maximum atomic E-state index is 11.4. The average molecular weight is 255 g/mol. The van der Waals surface area contributed by atoms with E-state index in [9.17, 15) is 9.59 Å². The Bertz CT molecular complexity index is 466. The van der Waals surface area contributed by atoms with E-state index < -0.39 is 11.8 Å². The van der Waals surface area contributed by atoms with Crippen LogP contribution in [0.1, 0.15) is 23.2 Å². The van der Waals surface area contributed by atoms with E-state index in [0.29, 0.717) is 12.5 Å². The van der Waals surface area contributed by atoms with Gasteiger partial charge in [0.15, 0.2) is 0 Å². The quantitative estimate of drug-likeness (QED) is 0.647. The summed E-state index contributed by atoms with van der Waals surface area (Å²) >= 11 is 5.91. The van der Waals surface area contributed by atoms with Crippen LogP contribution in [0.4, 0.5) is 0 Å². The number of carbonyl (C=O) groups excluding carboxylic acids is 1. The molecule has 0 bridgehead atoms. The first-order valence-electron chi connectivity index (χ1n) is 5.28. The molecule has 0 saturated heterocycles. The van der Waals surface area contributed by atoms with Crippen LogP contribution in [-0.4, -0.2) is 23.5 Å². The number of ketones is 1. The van der Waals surface area contributed by atoms with Crippen molar-refractivity contribution in [2.45, 2.75) is 12.8 Å². The number of ether oxygens (including phenoxy) is 1. The van der Waals surface area contributed by atoms with E-state index in [2.05, 4.69) is 0 Å². The van der Waals surface area contributed by atoms with Crippen LogP contribution in [0, 0.1) is 5.92 Å². The molecule has 0 aliphatic heterocycles. The Kier molecular flexibility index (Phi) is 3.33. The van der Waals surface area contributed by atoms with Crippen LogP contribution >= 0.6 is 11.6 Å². The van der Waals surface area contributed by atoms with Gasteiger partial charge in [-0.05, 0) is 30.9 Å². The number of aliphatic carboxylic acids is 1. The molecule has 5 heteroatoms. The van der Waals surface area contributed by atoms with Gasteiger partial charge in [-0.25, -0.2) is 4.79 Å². The molecule has 2 rings (SSSR count). The molecule has 1 fully saturated rings. The van der Waals surface area contributed by atoms with Crippen LogP contribution in [0.2, 0.25) is 5.02 Å². The highest BCUT2D eigenvalue weighted by Gasteiger charge is 2.25. The van der Waals surface area contributed by atoms with Gasteiger partial charge >= 0.3 is 5.97 Å². The first kappa shape index (κ1) is 11.9. The fourth-order valence-corrected chi connectivity index (χ4v) is 1.66. The number of carboxylic acid groups (broad SMARTS) is 1. The third-order valence-corrected chi connectivity index (χ3v) is 2.86. The SMILES string of the molecule is O=C(O)C(=O)c1cccc(Cl)c1OCC1CC1. The van der Waals surface area contributed by atoms with Crippen molar-refractivity contribution in [1.82, 2.24) is 0 Å². The molecule has 0 unspecified atom stereocenters. The molecule has 0 spiro atoms. The van der Waals surface area contributed by atoms with E-state index in [4.69, 9.17) is 21.4 Å². The van der Waals surface area contributed by atoms with Crippen LogP contribution < -0.4 is 4.74 Å². The Morgan fingerprint density at radius 3 is 2.71 bits per heavy atom. The van der Waals surface area contributed by atoms with Crippen LogP contribution in [0.3, 0.4) is 0 Å². The normalized spacial score (nSPS) is 14.4. The molecule has 1 saturated carbocycles. The maximum absolute atomic E-state index is 11.4. The molecule has 1 N–H and O–H groups in total. The van der Waals surface area contributed by atoms with Crippen LogP contribution in [0.25, 0.3) is 0 Å². The number of rotatable bonds is 5. The lowest BCUT2D eigenvalue weighted by Gasteiger charge is -2.10. The molecular formula is C12H11ClO4. The number of hydrogen-bond donors (Lipinski definition) is 1. The predicted molar refractivity (Wildman–Crippen MR) is 61.6 cm³/mol. The Hall–Kier alpha value is -1.55. The third kappa shape index (κ3) is 2.77. The van der Waals surface area contributed by atoms with E-state index in [-0.39, 0.29) is 16.3 Å². The molecular weight excluding hydrogens is 244 g/mol. The van der Waals surface area contributed by atoms with E-state index in [1.54, 1.807) is 6.07 Å². The van der Waals surface area contributed by atoms with Crippen molar-refractivity contribution in [1.29, 1.82) is 0 Å². The second-order valence-corrected chi connectivity index (χ2v) is 4.41. The summed E-state index contributed by atoms with van der Waals surface area (Å²) in [4.78, 5) is 22.1. The zero-order valence-corrected chi connectivity index (χ0v) is 9.74. The summed E-state index contributed by atoms with van der Waals surface area (Å²) in [6.07, 6.45) is 2.21. The van der Waals surface area contributed by atoms with Gasteiger partial charge in [0, 0.05) is 0 Å². The summed E-state index contributed by atoms with van der Waals surface area (Å²) in [7, 11) is 0. The van der Waals surface area contributed by atoms with Crippen LogP contribution in [0.5, 0.6) is 5.75 Å². The number of carbonyl (C=O) groups is 2. The van der Waals surface area contributed by atoms with Gasteiger partial charge < -0.3 is 9.84 Å². The van der Waals surface area contributed by atoms with Gasteiger partial charge in [-0.15, -0.1) is 0 Å². The van der Waals surface area contributed by atoms with Gasteiger partial charge in [-0.1, -0.05) is 17.7 Å². The lowest BCUT2D eigenvalue weighted by atomic mass is 10.1. The molecule has 1 aromatic rings. The minimum Gasteiger partial charge on any atom is -0.491 e. The van der Waals surface area contributed by atoms with Crippen LogP contribution in [-0.2, 0) is 4.79 Å². The summed E-state index contributed by atoms with van der Waals surface area (Å²) in [5.74, 6) is -1.84. The molecule has 0 amide bonds. The van der Waals surface area contributed by atoms with Crippen molar-refractivity contribution in [3.8, 4) is 5.75 Å². The summed E-state index contributed by atoms with van der Waals surface area (Å²) in [6.45, 7) is 0.476. The average Bonchev–Trinajstić information content (AvgIpc) is 3.10. The van der Waals surface area contributed by atoms with Gasteiger partial charge in [-0.2, -0.15) is 0 Å². The Labute approximate surface area is 103 Å². The minimum atomic E-state index is -1.51. The van der Waals surface area contributed by atoms with Gasteiger partial charge in [-0.3, -0.25) is 4.79 Å².